The first-order chi connectivity index (χ1) is 10.1. The molecule has 3 aromatic rings. The molecule has 0 aliphatic carbocycles. The maximum Gasteiger partial charge on any atom is 0.367 e. The van der Waals surface area contributed by atoms with Crippen molar-refractivity contribution in [3.05, 3.63) is 64.8 Å². The van der Waals surface area contributed by atoms with Crippen LogP contribution in [-0.4, -0.2) is 5.11 Å². The smallest absolute Gasteiger partial charge is 0.367 e. The van der Waals surface area contributed by atoms with Crippen molar-refractivity contribution < 1.29 is 13.9 Å². The maximum absolute atomic E-state index is 12.8. The Kier molecular flexibility index (Phi) is 3.19. The Morgan fingerprint density at radius 3 is 2.33 bits per heavy atom. The largest absolute Gasteiger partial charge is 0.480 e. The standard InChI is InChI=1S/C15H9FN2O3/c16-9-5-7-10(8-6-9)17-18-13-11-3-1-2-4-12(11)14(19)21-15(13)20/h1-8,19H. The Balaban J connectivity index is 2.12. The molecule has 0 saturated heterocycles. The topological polar surface area (TPSA) is 75.2 Å². The molecule has 0 aliphatic heterocycles. The first-order valence-electron chi connectivity index (χ1n) is 6.07. The van der Waals surface area contributed by atoms with Crippen LogP contribution in [0.3, 0.4) is 0 Å². The van der Waals surface area contributed by atoms with Crippen molar-refractivity contribution in [1.29, 1.82) is 0 Å². The molecule has 0 saturated carbocycles. The monoisotopic (exact) mass is 284 g/mol. The van der Waals surface area contributed by atoms with Gasteiger partial charge in [-0.3, -0.25) is 0 Å². The van der Waals surface area contributed by atoms with Crippen molar-refractivity contribution in [3.63, 3.8) is 0 Å². The number of aromatic hydroxyl groups is 1. The van der Waals surface area contributed by atoms with Gasteiger partial charge in [0, 0.05) is 5.39 Å². The SMILES string of the molecule is O=c1oc(O)c2ccccc2c1N=Nc1ccc(F)cc1. The Morgan fingerprint density at radius 2 is 1.62 bits per heavy atom. The number of nitrogens with zero attached hydrogens (tertiary/aromatic N) is 2. The zero-order valence-electron chi connectivity index (χ0n) is 10.7. The van der Waals surface area contributed by atoms with E-state index in [0.717, 1.165) is 0 Å². The van der Waals surface area contributed by atoms with Gasteiger partial charge < -0.3 is 9.52 Å². The molecule has 2 aromatic carbocycles. The van der Waals surface area contributed by atoms with Gasteiger partial charge in [0.2, 0.25) is 0 Å². The van der Waals surface area contributed by atoms with Gasteiger partial charge in [-0.1, -0.05) is 18.2 Å². The van der Waals surface area contributed by atoms with Crippen LogP contribution < -0.4 is 5.63 Å². The fraction of sp³-hybridized carbons (Fsp3) is 0. The van der Waals surface area contributed by atoms with E-state index >= 15 is 0 Å². The van der Waals surface area contributed by atoms with Crippen LogP contribution in [0.25, 0.3) is 10.8 Å². The van der Waals surface area contributed by atoms with E-state index in [1.54, 1.807) is 24.3 Å². The predicted molar refractivity (Wildman–Crippen MR) is 74.7 cm³/mol. The third kappa shape index (κ3) is 2.51. The molecule has 0 bridgehead atoms. The third-order valence-electron chi connectivity index (χ3n) is 2.89. The predicted octanol–water partition coefficient (Wildman–Crippen LogP) is 4.05. The number of azo groups is 1. The number of rotatable bonds is 2. The highest BCUT2D eigenvalue weighted by Crippen LogP contribution is 2.30. The first kappa shape index (κ1) is 13.0. The Labute approximate surface area is 118 Å². The van der Waals surface area contributed by atoms with Crippen molar-refractivity contribution in [2.24, 2.45) is 10.2 Å². The summed E-state index contributed by atoms with van der Waals surface area (Å²) in [6, 6.07) is 12.0. The molecule has 1 heterocycles. The van der Waals surface area contributed by atoms with E-state index in [1.165, 1.54) is 24.3 Å². The van der Waals surface area contributed by atoms with Gasteiger partial charge in [-0.25, -0.2) is 9.18 Å². The summed E-state index contributed by atoms with van der Waals surface area (Å²) in [5, 5.41) is 18.1. The van der Waals surface area contributed by atoms with Crippen LogP contribution >= 0.6 is 0 Å². The summed E-state index contributed by atoms with van der Waals surface area (Å²) >= 11 is 0. The van der Waals surface area contributed by atoms with Gasteiger partial charge in [-0.15, -0.1) is 5.11 Å². The van der Waals surface area contributed by atoms with Gasteiger partial charge in [-0.2, -0.15) is 5.11 Å². The van der Waals surface area contributed by atoms with Crippen LogP contribution in [0.1, 0.15) is 0 Å². The minimum Gasteiger partial charge on any atom is -0.480 e. The van der Waals surface area contributed by atoms with Gasteiger partial charge >= 0.3 is 5.63 Å². The summed E-state index contributed by atoms with van der Waals surface area (Å²) in [7, 11) is 0. The lowest BCUT2D eigenvalue weighted by molar-refractivity contribution is 0.318. The van der Waals surface area contributed by atoms with Gasteiger partial charge in [-0.05, 0) is 30.3 Å². The highest BCUT2D eigenvalue weighted by atomic mass is 19.1. The lowest BCUT2D eigenvalue weighted by atomic mass is 10.1. The number of hydrogen-bond donors (Lipinski definition) is 1. The molecule has 0 unspecified atom stereocenters. The molecule has 5 nitrogen and oxygen atoms in total. The molecule has 0 aliphatic rings. The van der Waals surface area contributed by atoms with Crippen LogP contribution in [0.2, 0.25) is 0 Å². The van der Waals surface area contributed by atoms with Crippen molar-refractivity contribution in [2.75, 3.05) is 0 Å². The molecule has 0 atom stereocenters. The normalized spacial score (nSPS) is 11.3. The second-order valence-electron chi connectivity index (χ2n) is 4.27. The van der Waals surface area contributed by atoms with E-state index in [-0.39, 0.29) is 11.5 Å². The number of benzene rings is 2. The van der Waals surface area contributed by atoms with E-state index in [1.807, 2.05) is 0 Å². The average molecular weight is 284 g/mol. The molecular weight excluding hydrogens is 275 g/mol. The quantitative estimate of drug-likeness (QED) is 0.721. The van der Waals surface area contributed by atoms with Crippen molar-refractivity contribution in [1.82, 2.24) is 0 Å². The van der Waals surface area contributed by atoms with Gasteiger partial charge in [0.25, 0.3) is 5.95 Å². The fourth-order valence-corrected chi connectivity index (χ4v) is 1.89. The summed E-state index contributed by atoms with van der Waals surface area (Å²) in [4.78, 5) is 11.8. The molecule has 0 amide bonds. The molecule has 1 aromatic heterocycles. The summed E-state index contributed by atoms with van der Waals surface area (Å²) in [6.45, 7) is 0. The number of hydrogen-bond acceptors (Lipinski definition) is 5. The molecule has 6 heteroatoms. The fourth-order valence-electron chi connectivity index (χ4n) is 1.89. The second-order valence-corrected chi connectivity index (χ2v) is 4.27. The van der Waals surface area contributed by atoms with E-state index < -0.39 is 11.6 Å². The zero-order valence-corrected chi connectivity index (χ0v) is 10.7. The number of fused-ring (bicyclic) bond motifs is 1. The minimum atomic E-state index is -0.794. The molecular formula is C15H9FN2O3. The van der Waals surface area contributed by atoms with E-state index in [2.05, 4.69) is 10.2 Å². The average Bonchev–Trinajstić information content (AvgIpc) is 2.49. The Hall–Kier alpha value is -3.02. The van der Waals surface area contributed by atoms with Crippen molar-refractivity contribution >= 4 is 22.1 Å². The Morgan fingerprint density at radius 1 is 0.952 bits per heavy atom. The highest BCUT2D eigenvalue weighted by molar-refractivity contribution is 5.94. The molecule has 0 spiro atoms. The molecule has 0 fully saturated rings. The lowest BCUT2D eigenvalue weighted by Crippen LogP contribution is -1.98. The second kappa shape index (κ2) is 5.16. The summed E-state index contributed by atoms with van der Waals surface area (Å²) < 4.78 is 17.5. The van der Waals surface area contributed by atoms with Crippen LogP contribution in [0.5, 0.6) is 5.95 Å². The molecule has 0 radical (unpaired) electrons. The van der Waals surface area contributed by atoms with Crippen LogP contribution in [0.4, 0.5) is 15.8 Å². The zero-order chi connectivity index (χ0) is 14.8. The summed E-state index contributed by atoms with van der Waals surface area (Å²) in [5.74, 6) is -0.847. The summed E-state index contributed by atoms with van der Waals surface area (Å²) in [5.41, 5.74) is -0.419. The van der Waals surface area contributed by atoms with Gasteiger partial charge in [0.05, 0.1) is 11.1 Å². The molecule has 104 valence electrons. The van der Waals surface area contributed by atoms with Crippen molar-refractivity contribution in [3.8, 4) is 5.95 Å². The maximum atomic E-state index is 12.8. The Bertz CT molecular complexity index is 886. The third-order valence-corrected chi connectivity index (χ3v) is 2.89. The van der Waals surface area contributed by atoms with Crippen LogP contribution in [0, 0.1) is 5.82 Å². The van der Waals surface area contributed by atoms with Crippen LogP contribution in [0.15, 0.2) is 68.0 Å². The molecule has 21 heavy (non-hydrogen) atoms. The van der Waals surface area contributed by atoms with E-state index in [0.29, 0.717) is 16.5 Å². The lowest BCUT2D eigenvalue weighted by Gasteiger charge is -2.01. The minimum absolute atomic E-state index is 0.0206. The van der Waals surface area contributed by atoms with E-state index in [9.17, 15) is 14.3 Å². The molecule has 3 rings (SSSR count). The highest BCUT2D eigenvalue weighted by Gasteiger charge is 2.11. The van der Waals surface area contributed by atoms with Gasteiger partial charge in [0.15, 0.2) is 5.69 Å². The van der Waals surface area contributed by atoms with Crippen LogP contribution in [-0.2, 0) is 0 Å². The summed E-state index contributed by atoms with van der Waals surface area (Å²) in [6.07, 6.45) is 0. The number of halogens is 1. The van der Waals surface area contributed by atoms with E-state index in [4.69, 9.17) is 4.42 Å². The van der Waals surface area contributed by atoms with Gasteiger partial charge in [0.1, 0.15) is 5.82 Å². The first-order valence-corrected chi connectivity index (χ1v) is 6.07. The molecule has 1 N–H and O–H groups in total. The van der Waals surface area contributed by atoms with Crippen molar-refractivity contribution in [2.45, 2.75) is 0 Å².